The monoisotopic (exact) mass is 262 g/mol. The lowest BCUT2D eigenvalue weighted by molar-refractivity contribution is -0.118. The minimum atomic E-state index is -0.227. The Morgan fingerprint density at radius 3 is 3.00 bits per heavy atom. The molecule has 6 nitrogen and oxygen atoms in total. The van der Waals surface area contributed by atoms with Crippen LogP contribution in [0.2, 0.25) is 0 Å². The Bertz CT molecular complexity index is 513. The van der Waals surface area contributed by atoms with Gasteiger partial charge in [-0.15, -0.1) is 0 Å². The van der Waals surface area contributed by atoms with Crippen molar-refractivity contribution in [1.29, 1.82) is 0 Å². The van der Waals surface area contributed by atoms with Crippen LogP contribution in [0.25, 0.3) is 0 Å². The molecule has 0 unspecified atom stereocenters. The number of hydrogen-bond donors (Lipinski definition) is 1. The third kappa shape index (κ3) is 4.02. The Hall–Kier alpha value is -2.15. The minimum Gasteiger partial charge on any atom is -0.463 e. The molecule has 2 rings (SSSR count). The van der Waals surface area contributed by atoms with Gasteiger partial charge in [0.25, 0.3) is 5.91 Å². The third-order valence-electron chi connectivity index (χ3n) is 1.80. The van der Waals surface area contributed by atoms with Crippen LogP contribution >= 0.6 is 11.8 Å². The summed E-state index contributed by atoms with van der Waals surface area (Å²) in [6.07, 6.45) is 6.22. The van der Waals surface area contributed by atoms with Crippen molar-refractivity contribution in [2.75, 3.05) is 5.75 Å². The molecule has 2 aromatic heterocycles. The van der Waals surface area contributed by atoms with Crippen LogP contribution in [-0.2, 0) is 4.79 Å². The molecule has 0 saturated heterocycles. The summed E-state index contributed by atoms with van der Waals surface area (Å²) in [4.78, 5) is 19.4. The molecular weight excluding hydrogens is 252 g/mol. The Morgan fingerprint density at radius 1 is 1.44 bits per heavy atom. The Kier molecular flexibility index (Phi) is 4.48. The Morgan fingerprint density at radius 2 is 2.28 bits per heavy atom. The second kappa shape index (κ2) is 6.55. The minimum absolute atomic E-state index is 0.208. The van der Waals surface area contributed by atoms with Gasteiger partial charge in [0.05, 0.1) is 18.2 Å². The smallest absolute Gasteiger partial charge is 0.250 e. The van der Waals surface area contributed by atoms with Crippen molar-refractivity contribution in [3.63, 3.8) is 0 Å². The van der Waals surface area contributed by atoms with Crippen LogP contribution in [-0.4, -0.2) is 27.8 Å². The summed E-state index contributed by atoms with van der Waals surface area (Å²) in [6.45, 7) is 0. The summed E-state index contributed by atoms with van der Waals surface area (Å²) in [5.41, 5.74) is 2.39. The number of furan rings is 1. The van der Waals surface area contributed by atoms with E-state index in [-0.39, 0.29) is 11.7 Å². The maximum absolute atomic E-state index is 11.4. The van der Waals surface area contributed by atoms with Gasteiger partial charge in [-0.3, -0.25) is 4.79 Å². The predicted molar refractivity (Wildman–Crippen MR) is 67.2 cm³/mol. The first-order valence-electron chi connectivity index (χ1n) is 5.10. The van der Waals surface area contributed by atoms with E-state index in [1.807, 2.05) is 0 Å². The van der Waals surface area contributed by atoms with Crippen molar-refractivity contribution < 1.29 is 9.21 Å². The normalized spacial score (nSPS) is 10.7. The van der Waals surface area contributed by atoms with Gasteiger partial charge in [-0.05, 0) is 18.2 Å². The van der Waals surface area contributed by atoms with Crippen molar-refractivity contribution in [2.24, 2.45) is 5.10 Å². The fourth-order valence-corrected chi connectivity index (χ4v) is 1.65. The number of nitrogens with one attached hydrogen (secondary N) is 1. The average molecular weight is 262 g/mol. The van der Waals surface area contributed by atoms with Gasteiger partial charge in [-0.2, -0.15) is 5.10 Å². The molecule has 0 aromatic carbocycles. The van der Waals surface area contributed by atoms with Crippen molar-refractivity contribution in [3.05, 3.63) is 42.6 Å². The van der Waals surface area contributed by atoms with E-state index in [0.717, 1.165) is 0 Å². The van der Waals surface area contributed by atoms with Crippen LogP contribution in [0.4, 0.5) is 0 Å². The number of carbonyl (C=O) groups is 1. The molecule has 2 aromatic rings. The fraction of sp³-hybridized carbons (Fsp3) is 0.0909. The third-order valence-corrected chi connectivity index (χ3v) is 2.67. The molecular formula is C11H10N4O2S. The van der Waals surface area contributed by atoms with Crippen LogP contribution in [0.5, 0.6) is 0 Å². The number of amides is 1. The molecule has 1 amide bonds. The van der Waals surface area contributed by atoms with Crippen molar-refractivity contribution >= 4 is 23.9 Å². The number of nitrogens with zero attached hydrogens (tertiary/aromatic N) is 3. The van der Waals surface area contributed by atoms with Gasteiger partial charge < -0.3 is 4.42 Å². The molecule has 0 radical (unpaired) electrons. The second-order valence-electron chi connectivity index (χ2n) is 3.13. The Balaban J connectivity index is 1.73. The second-order valence-corrected chi connectivity index (χ2v) is 4.07. The van der Waals surface area contributed by atoms with E-state index in [0.29, 0.717) is 10.9 Å². The van der Waals surface area contributed by atoms with Crippen molar-refractivity contribution in [1.82, 2.24) is 15.4 Å². The molecule has 0 aliphatic heterocycles. The summed E-state index contributed by atoms with van der Waals surface area (Å²) < 4.78 is 5.02. The molecule has 18 heavy (non-hydrogen) atoms. The standard InChI is InChI=1S/C11H10N4O2S/c16-10(8-18-11-12-4-2-5-13-11)15-14-7-9-3-1-6-17-9/h1-7H,8H2,(H,15,16). The highest BCUT2D eigenvalue weighted by molar-refractivity contribution is 7.99. The molecule has 1 N–H and O–H groups in total. The van der Waals surface area contributed by atoms with Gasteiger partial charge in [0, 0.05) is 12.4 Å². The van der Waals surface area contributed by atoms with E-state index in [9.17, 15) is 4.79 Å². The first-order valence-corrected chi connectivity index (χ1v) is 6.08. The van der Waals surface area contributed by atoms with E-state index in [2.05, 4.69) is 20.5 Å². The molecule has 2 heterocycles. The van der Waals surface area contributed by atoms with Gasteiger partial charge in [-0.1, -0.05) is 11.8 Å². The largest absolute Gasteiger partial charge is 0.463 e. The summed E-state index contributed by atoms with van der Waals surface area (Å²) in [6, 6.07) is 5.20. The highest BCUT2D eigenvalue weighted by atomic mass is 32.2. The summed E-state index contributed by atoms with van der Waals surface area (Å²) >= 11 is 1.24. The molecule has 0 bridgehead atoms. The molecule has 7 heteroatoms. The maximum atomic E-state index is 11.4. The SMILES string of the molecule is O=C(CSc1ncccn1)NN=Cc1ccco1. The molecule has 0 atom stereocenters. The maximum Gasteiger partial charge on any atom is 0.250 e. The van der Waals surface area contributed by atoms with E-state index >= 15 is 0 Å². The van der Waals surface area contributed by atoms with Gasteiger partial charge >= 0.3 is 0 Å². The van der Waals surface area contributed by atoms with E-state index in [1.54, 1.807) is 30.6 Å². The quantitative estimate of drug-likeness (QED) is 0.380. The van der Waals surface area contributed by atoms with E-state index in [4.69, 9.17) is 4.42 Å². The van der Waals surface area contributed by atoms with Gasteiger partial charge in [0.2, 0.25) is 0 Å². The zero-order valence-corrected chi connectivity index (χ0v) is 10.1. The number of carbonyl (C=O) groups excluding carboxylic acids is 1. The lowest BCUT2D eigenvalue weighted by Gasteiger charge is -1.98. The topological polar surface area (TPSA) is 80.4 Å². The summed E-state index contributed by atoms with van der Waals surface area (Å²) in [7, 11) is 0. The molecule has 0 fully saturated rings. The zero-order valence-electron chi connectivity index (χ0n) is 9.31. The predicted octanol–water partition coefficient (Wildman–Crippen LogP) is 1.31. The van der Waals surface area contributed by atoms with E-state index in [1.165, 1.54) is 24.2 Å². The van der Waals surface area contributed by atoms with Gasteiger partial charge in [0.1, 0.15) is 5.76 Å². The van der Waals surface area contributed by atoms with Crippen LogP contribution in [0.1, 0.15) is 5.76 Å². The lowest BCUT2D eigenvalue weighted by Crippen LogP contribution is -2.19. The number of hydrogen-bond acceptors (Lipinski definition) is 6. The molecule has 0 aliphatic rings. The molecule has 0 saturated carbocycles. The molecule has 92 valence electrons. The fourth-order valence-electron chi connectivity index (χ4n) is 1.05. The zero-order chi connectivity index (χ0) is 12.6. The van der Waals surface area contributed by atoms with Crippen LogP contribution in [0, 0.1) is 0 Å². The first kappa shape index (κ1) is 12.3. The van der Waals surface area contributed by atoms with Crippen molar-refractivity contribution in [2.45, 2.75) is 5.16 Å². The van der Waals surface area contributed by atoms with Gasteiger partial charge in [0.15, 0.2) is 5.16 Å². The summed E-state index contributed by atoms with van der Waals surface area (Å²) in [5.74, 6) is 0.559. The van der Waals surface area contributed by atoms with Crippen LogP contribution in [0.15, 0.2) is 51.5 Å². The van der Waals surface area contributed by atoms with Crippen LogP contribution < -0.4 is 5.43 Å². The molecule has 0 aliphatic carbocycles. The highest BCUT2D eigenvalue weighted by Gasteiger charge is 2.02. The van der Waals surface area contributed by atoms with Crippen molar-refractivity contribution in [3.8, 4) is 0 Å². The summed E-state index contributed by atoms with van der Waals surface area (Å²) in [5, 5.41) is 4.31. The van der Waals surface area contributed by atoms with Gasteiger partial charge in [-0.25, -0.2) is 15.4 Å². The highest BCUT2D eigenvalue weighted by Crippen LogP contribution is 2.09. The number of hydrazone groups is 1. The number of thioether (sulfide) groups is 1. The van der Waals surface area contributed by atoms with E-state index < -0.39 is 0 Å². The first-order chi connectivity index (χ1) is 8.84. The molecule has 0 spiro atoms. The van der Waals surface area contributed by atoms with Crippen LogP contribution in [0.3, 0.4) is 0 Å². The lowest BCUT2D eigenvalue weighted by atomic mass is 10.5. The Labute approximate surface area is 108 Å². The average Bonchev–Trinajstić information content (AvgIpc) is 2.91. The number of aromatic nitrogens is 2. The number of rotatable bonds is 5.